The van der Waals surface area contributed by atoms with E-state index in [0.29, 0.717) is 62.7 Å². The van der Waals surface area contributed by atoms with Gasteiger partial charge in [-0.25, -0.2) is 14.4 Å². The summed E-state index contributed by atoms with van der Waals surface area (Å²) in [4.78, 5) is 33.2. The lowest BCUT2D eigenvalue weighted by Crippen LogP contribution is -2.09. The number of methoxy groups -OCH3 is 1. The Morgan fingerprint density at radius 3 is 2.68 bits per heavy atom. The van der Waals surface area contributed by atoms with E-state index < -0.39 is 5.82 Å². The second kappa shape index (κ2) is 9.36. The molecule has 188 valence electrons. The lowest BCUT2D eigenvalue weighted by molar-refractivity contribution is -0.115. The van der Waals surface area contributed by atoms with E-state index in [-0.39, 0.29) is 5.91 Å². The van der Waals surface area contributed by atoms with Crippen LogP contribution in [0.1, 0.15) is 13.3 Å². The zero-order valence-electron chi connectivity index (χ0n) is 20.4. The minimum atomic E-state index is -0.421. The second-order valence-electron chi connectivity index (χ2n) is 8.58. The number of hydrogen-bond donors (Lipinski definition) is 3. The van der Waals surface area contributed by atoms with Crippen molar-refractivity contribution in [3.63, 3.8) is 0 Å². The predicted molar refractivity (Wildman–Crippen MR) is 141 cm³/mol. The van der Waals surface area contributed by atoms with Gasteiger partial charge in [-0.1, -0.05) is 6.92 Å². The minimum absolute atomic E-state index is 0.0973. The molecule has 0 aliphatic carbocycles. The first-order valence-corrected chi connectivity index (χ1v) is 11.8. The highest BCUT2D eigenvalue weighted by Crippen LogP contribution is 2.33. The molecular weight excluding hydrogens is 487 g/mol. The van der Waals surface area contributed by atoms with Crippen molar-refractivity contribution >= 4 is 33.7 Å². The Morgan fingerprint density at radius 1 is 0.974 bits per heavy atom. The summed E-state index contributed by atoms with van der Waals surface area (Å²) in [6, 6.07) is 10.0. The number of amides is 1. The van der Waals surface area contributed by atoms with Crippen molar-refractivity contribution < 1.29 is 13.9 Å². The highest BCUT2D eigenvalue weighted by Gasteiger charge is 2.18. The quantitative estimate of drug-likeness (QED) is 0.284. The van der Waals surface area contributed by atoms with Gasteiger partial charge < -0.3 is 15.0 Å². The molecule has 0 aliphatic rings. The molecule has 0 radical (unpaired) electrons. The summed E-state index contributed by atoms with van der Waals surface area (Å²) in [7, 11) is 1.49. The van der Waals surface area contributed by atoms with Crippen LogP contribution in [0, 0.1) is 5.82 Å². The normalized spacial score (nSPS) is 11.2. The topological polar surface area (TPSA) is 134 Å². The summed E-state index contributed by atoms with van der Waals surface area (Å²) < 4.78 is 19.4. The van der Waals surface area contributed by atoms with Gasteiger partial charge in [0.2, 0.25) is 5.91 Å². The van der Waals surface area contributed by atoms with Crippen LogP contribution in [0.2, 0.25) is 0 Å². The third-order valence-electron chi connectivity index (χ3n) is 6.08. The van der Waals surface area contributed by atoms with Gasteiger partial charge in [-0.15, -0.1) is 0 Å². The Kier molecular flexibility index (Phi) is 5.72. The van der Waals surface area contributed by atoms with E-state index in [1.54, 1.807) is 37.8 Å². The van der Waals surface area contributed by atoms with Crippen molar-refractivity contribution in [1.29, 1.82) is 0 Å². The predicted octanol–water partition coefficient (Wildman–Crippen LogP) is 5.12. The van der Waals surface area contributed by atoms with Crippen LogP contribution >= 0.6 is 0 Å². The number of fused-ring (bicyclic) bond motifs is 2. The molecule has 5 heterocycles. The first kappa shape index (κ1) is 23.2. The zero-order valence-corrected chi connectivity index (χ0v) is 20.4. The number of carbonyl (C=O) groups excluding carboxylic acids is 1. The number of nitrogens with one attached hydrogen (secondary N) is 3. The van der Waals surface area contributed by atoms with Crippen LogP contribution in [-0.4, -0.2) is 48.1 Å². The number of H-pyrrole nitrogens is 2. The number of ether oxygens (including phenoxy) is 1. The molecule has 10 nitrogen and oxygen atoms in total. The molecule has 0 unspecified atom stereocenters. The van der Waals surface area contributed by atoms with Crippen molar-refractivity contribution in [3.05, 3.63) is 67.0 Å². The van der Waals surface area contributed by atoms with E-state index in [4.69, 9.17) is 14.7 Å². The highest BCUT2D eigenvalue weighted by atomic mass is 19.1. The molecule has 1 aromatic carbocycles. The van der Waals surface area contributed by atoms with E-state index in [0.717, 1.165) is 11.1 Å². The number of aromatic amines is 2. The number of benzene rings is 1. The molecule has 6 aromatic rings. The molecule has 3 N–H and O–H groups in total. The first-order valence-electron chi connectivity index (χ1n) is 11.8. The Morgan fingerprint density at radius 2 is 1.84 bits per heavy atom. The molecule has 1 amide bonds. The molecule has 6 rings (SSSR count). The van der Waals surface area contributed by atoms with Crippen LogP contribution in [0.5, 0.6) is 5.75 Å². The largest absolute Gasteiger partial charge is 0.497 e. The van der Waals surface area contributed by atoms with Crippen molar-refractivity contribution in [2.75, 3.05) is 12.4 Å². The van der Waals surface area contributed by atoms with Gasteiger partial charge in [0, 0.05) is 36.0 Å². The Balaban J connectivity index is 1.43. The number of imidazole rings is 1. The monoisotopic (exact) mass is 508 g/mol. The van der Waals surface area contributed by atoms with Gasteiger partial charge >= 0.3 is 0 Å². The summed E-state index contributed by atoms with van der Waals surface area (Å²) in [5.74, 6) is 0.362. The molecular formula is C27H21FN8O2. The minimum Gasteiger partial charge on any atom is -0.497 e. The number of pyridine rings is 3. The van der Waals surface area contributed by atoms with Crippen molar-refractivity contribution in [2.45, 2.75) is 13.3 Å². The second-order valence-corrected chi connectivity index (χ2v) is 8.58. The maximum atomic E-state index is 14.2. The fourth-order valence-electron chi connectivity index (χ4n) is 4.22. The number of aromatic nitrogens is 7. The highest BCUT2D eigenvalue weighted by molar-refractivity contribution is 5.96. The van der Waals surface area contributed by atoms with Gasteiger partial charge in [-0.05, 0) is 35.9 Å². The molecule has 5 aromatic heterocycles. The van der Waals surface area contributed by atoms with E-state index in [1.807, 2.05) is 18.2 Å². The van der Waals surface area contributed by atoms with Gasteiger partial charge in [-0.3, -0.25) is 19.9 Å². The summed E-state index contributed by atoms with van der Waals surface area (Å²) in [5.41, 5.74) is 6.34. The van der Waals surface area contributed by atoms with Gasteiger partial charge in [-0.2, -0.15) is 5.10 Å². The Labute approximate surface area is 215 Å². The van der Waals surface area contributed by atoms with Crippen LogP contribution in [0.15, 0.2) is 61.2 Å². The molecule has 38 heavy (non-hydrogen) atoms. The number of hydrogen-bond acceptors (Lipinski definition) is 7. The van der Waals surface area contributed by atoms with E-state index in [1.165, 1.54) is 19.2 Å². The number of rotatable bonds is 6. The SMILES string of the molecule is CCC(=O)Nc1cncc(-c2ccc3[nH]nc(-c4nc5c(-c6cc(F)cc(OC)c6)cncc5[nH]4)c3n2)c1. The summed E-state index contributed by atoms with van der Waals surface area (Å²) in [6.45, 7) is 1.79. The molecule has 11 heteroatoms. The third kappa shape index (κ3) is 4.19. The van der Waals surface area contributed by atoms with Crippen molar-refractivity contribution in [1.82, 2.24) is 35.1 Å². The summed E-state index contributed by atoms with van der Waals surface area (Å²) >= 11 is 0. The van der Waals surface area contributed by atoms with Crippen LogP contribution in [0.4, 0.5) is 10.1 Å². The first-order chi connectivity index (χ1) is 18.5. The Hall–Kier alpha value is -5.19. The van der Waals surface area contributed by atoms with Gasteiger partial charge in [0.15, 0.2) is 11.5 Å². The molecule has 0 saturated heterocycles. The average Bonchev–Trinajstić information content (AvgIpc) is 3.56. The number of carbonyl (C=O) groups is 1. The lowest BCUT2D eigenvalue weighted by Gasteiger charge is -2.06. The number of halogens is 1. The van der Waals surface area contributed by atoms with E-state index >= 15 is 0 Å². The fraction of sp³-hybridized carbons (Fsp3) is 0.111. The van der Waals surface area contributed by atoms with Crippen LogP contribution < -0.4 is 10.1 Å². The lowest BCUT2D eigenvalue weighted by atomic mass is 10.1. The molecule has 0 fully saturated rings. The van der Waals surface area contributed by atoms with Crippen LogP contribution in [0.3, 0.4) is 0 Å². The van der Waals surface area contributed by atoms with Gasteiger partial charge in [0.1, 0.15) is 17.1 Å². The standard InChI is InChI=1S/C27H21FN8O2/c1-3-23(37)31-17-7-15(10-29-11-17)20-4-5-21-25(32-20)26(36-35-21)27-33-22-13-30-12-19(24(22)34-27)14-6-16(28)9-18(8-14)38-2/h4-13H,3H2,1-2H3,(H,31,37)(H,33,34)(H,35,36). The van der Waals surface area contributed by atoms with E-state index in [9.17, 15) is 9.18 Å². The van der Waals surface area contributed by atoms with Gasteiger partial charge in [0.25, 0.3) is 0 Å². The third-order valence-corrected chi connectivity index (χ3v) is 6.08. The summed E-state index contributed by atoms with van der Waals surface area (Å²) in [6.07, 6.45) is 6.93. The van der Waals surface area contributed by atoms with Crippen molar-refractivity contribution in [3.8, 4) is 39.7 Å². The number of anilines is 1. The summed E-state index contributed by atoms with van der Waals surface area (Å²) in [5, 5.41) is 10.3. The molecule has 0 saturated carbocycles. The van der Waals surface area contributed by atoms with Crippen molar-refractivity contribution in [2.24, 2.45) is 0 Å². The van der Waals surface area contributed by atoms with Crippen LogP contribution in [0.25, 0.3) is 56.0 Å². The molecule has 0 aliphatic heterocycles. The molecule has 0 atom stereocenters. The smallest absolute Gasteiger partial charge is 0.224 e. The number of nitrogens with zero attached hydrogens (tertiary/aromatic N) is 5. The maximum absolute atomic E-state index is 14.2. The maximum Gasteiger partial charge on any atom is 0.224 e. The van der Waals surface area contributed by atoms with Crippen LogP contribution in [-0.2, 0) is 4.79 Å². The average molecular weight is 509 g/mol. The molecule has 0 bridgehead atoms. The fourth-order valence-corrected chi connectivity index (χ4v) is 4.22. The van der Waals surface area contributed by atoms with E-state index in [2.05, 4.69) is 30.5 Å². The Bertz CT molecular complexity index is 1830. The van der Waals surface area contributed by atoms with Gasteiger partial charge in [0.05, 0.1) is 47.4 Å². The molecule has 0 spiro atoms. The zero-order chi connectivity index (χ0) is 26.2.